The first kappa shape index (κ1) is 15.7. The Balaban J connectivity index is 1.42. The fourth-order valence-electron chi connectivity index (χ4n) is 6.78. The second kappa shape index (κ2) is 5.46. The minimum Gasteiger partial charge on any atom is -0.462 e. The maximum atomic E-state index is 11.5. The molecule has 0 saturated heterocycles. The van der Waals surface area contributed by atoms with Gasteiger partial charge >= 0.3 is 5.97 Å². The fraction of sp³-hybridized carbons (Fsp3) is 0.714. The summed E-state index contributed by atoms with van der Waals surface area (Å²) < 4.78 is 11.1. The first-order chi connectivity index (χ1) is 12.1. The van der Waals surface area contributed by atoms with Crippen LogP contribution in [0.25, 0.3) is 6.08 Å². The number of fused-ring (bicyclic) bond motifs is 6. The van der Waals surface area contributed by atoms with Crippen molar-refractivity contribution in [1.29, 1.82) is 0 Å². The van der Waals surface area contributed by atoms with E-state index < -0.39 is 0 Å². The Morgan fingerprint density at radius 2 is 2.16 bits per heavy atom. The molecule has 25 heavy (non-hydrogen) atoms. The van der Waals surface area contributed by atoms with Gasteiger partial charge in [-0.25, -0.2) is 0 Å². The first-order valence-corrected chi connectivity index (χ1v) is 9.87. The molecule has 0 aliphatic heterocycles. The highest BCUT2D eigenvalue weighted by Gasteiger charge is 2.57. The van der Waals surface area contributed by atoms with Gasteiger partial charge in [-0.1, -0.05) is 17.7 Å². The largest absolute Gasteiger partial charge is 0.462 e. The summed E-state index contributed by atoms with van der Waals surface area (Å²) in [7, 11) is 0. The number of carbonyl (C=O) groups is 1. The van der Waals surface area contributed by atoms with Gasteiger partial charge in [-0.05, 0) is 74.7 Å². The van der Waals surface area contributed by atoms with Crippen LogP contribution in [0, 0.1) is 29.1 Å². The van der Waals surface area contributed by atoms with E-state index in [0.29, 0.717) is 11.8 Å². The van der Waals surface area contributed by atoms with Crippen molar-refractivity contribution in [1.82, 2.24) is 5.16 Å². The highest BCUT2D eigenvalue weighted by Crippen LogP contribution is 2.62. The van der Waals surface area contributed by atoms with Crippen molar-refractivity contribution in [2.45, 2.75) is 64.9 Å². The average molecular weight is 341 g/mol. The van der Waals surface area contributed by atoms with E-state index in [2.05, 4.69) is 18.2 Å². The molecule has 0 spiro atoms. The molecule has 0 unspecified atom stereocenters. The van der Waals surface area contributed by atoms with Gasteiger partial charge < -0.3 is 9.26 Å². The number of esters is 1. The lowest BCUT2D eigenvalue weighted by atomic mass is 9.52. The van der Waals surface area contributed by atoms with Crippen LogP contribution in [0.15, 0.2) is 16.3 Å². The summed E-state index contributed by atoms with van der Waals surface area (Å²) in [5.74, 6) is 3.81. The van der Waals surface area contributed by atoms with Crippen LogP contribution >= 0.6 is 0 Å². The molecule has 0 bridgehead atoms. The Morgan fingerprint density at radius 1 is 1.28 bits per heavy atom. The van der Waals surface area contributed by atoms with Gasteiger partial charge in [-0.2, -0.15) is 0 Å². The van der Waals surface area contributed by atoms with Crippen LogP contribution in [-0.4, -0.2) is 17.2 Å². The number of hydrogen-bond acceptors (Lipinski definition) is 4. The minimum atomic E-state index is -0.116. The van der Waals surface area contributed by atoms with E-state index in [9.17, 15) is 4.79 Å². The van der Waals surface area contributed by atoms with Crippen LogP contribution in [0.1, 0.15) is 63.7 Å². The molecule has 4 nitrogen and oxygen atoms in total. The molecule has 4 aliphatic rings. The van der Waals surface area contributed by atoms with Crippen molar-refractivity contribution in [3.8, 4) is 0 Å². The zero-order chi connectivity index (χ0) is 17.2. The normalized spacial score (nSPS) is 41.8. The third-order valence-corrected chi connectivity index (χ3v) is 7.91. The molecule has 134 valence electrons. The summed E-state index contributed by atoms with van der Waals surface area (Å²) in [6.45, 7) is 3.94. The van der Waals surface area contributed by atoms with Gasteiger partial charge in [0.05, 0.1) is 6.20 Å². The maximum absolute atomic E-state index is 11.5. The molecule has 4 aliphatic carbocycles. The zero-order valence-electron chi connectivity index (χ0n) is 15.2. The third kappa shape index (κ3) is 2.25. The average Bonchev–Trinajstić information content (AvgIpc) is 3.16. The van der Waals surface area contributed by atoms with Crippen LogP contribution in [0.3, 0.4) is 0 Å². The molecule has 4 heteroatoms. The number of nitrogens with zero attached hydrogens (tertiary/aromatic N) is 1. The van der Waals surface area contributed by atoms with Gasteiger partial charge in [0.1, 0.15) is 6.10 Å². The highest BCUT2D eigenvalue weighted by molar-refractivity contribution is 5.66. The minimum absolute atomic E-state index is 0.116. The molecule has 1 aromatic heterocycles. The highest BCUT2D eigenvalue weighted by atomic mass is 16.5. The molecule has 3 saturated carbocycles. The van der Waals surface area contributed by atoms with Crippen molar-refractivity contribution in [2.24, 2.45) is 29.1 Å². The van der Waals surface area contributed by atoms with E-state index in [0.717, 1.165) is 30.4 Å². The number of ether oxygens (including phenoxy) is 1. The van der Waals surface area contributed by atoms with E-state index >= 15 is 0 Å². The monoisotopic (exact) mass is 341 g/mol. The van der Waals surface area contributed by atoms with Crippen molar-refractivity contribution in [3.63, 3.8) is 0 Å². The van der Waals surface area contributed by atoms with Crippen molar-refractivity contribution >= 4 is 12.0 Å². The second-order valence-corrected chi connectivity index (χ2v) is 8.94. The topological polar surface area (TPSA) is 52.3 Å². The van der Waals surface area contributed by atoms with E-state index in [-0.39, 0.29) is 17.5 Å². The molecule has 3 fully saturated rings. The van der Waals surface area contributed by atoms with Crippen molar-refractivity contribution in [2.75, 3.05) is 0 Å². The number of carbonyl (C=O) groups excluding carboxylic acids is 1. The number of allylic oxidation sites excluding steroid dienone is 1. The Morgan fingerprint density at radius 3 is 3.00 bits per heavy atom. The Labute approximate surface area is 149 Å². The summed E-state index contributed by atoms with van der Waals surface area (Å²) >= 11 is 0. The SMILES string of the molecule is CC(=O)O[C@H]1CC[C@H]2[C@@H]3CCC4=Cc5oncc5C[C@@H]4[C@H]3CC[C@]12C. The summed E-state index contributed by atoms with van der Waals surface area (Å²) in [5, 5.41) is 4.00. The molecule has 6 atom stereocenters. The smallest absolute Gasteiger partial charge is 0.302 e. The molecule has 0 radical (unpaired) electrons. The van der Waals surface area contributed by atoms with Gasteiger partial charge in [0.25, 0.3) is 0 Å². The predicted octanol–water partition coefficient (Wildman–Crippen LogP) is 4.40. The van der Waals surface area contributed by atoms with E-state index in [1.54, 1.807) is 12.5 Å². The molecule has 0 N–H and O–H groups in total. The van der Waals surface area contributed by atoms with Crippen LogP contribution in [-0.2, 0) is 16.0 Å². The molecule has 0 amide bonds. The van der Waals surface area contributed by atoms with Crippen LogP contribution in [0.2, 0.25) is 0 Å². The van der Waals surface area contributed by atoms with E-state index in [4.69, 9.17) is 9.26 Å². The van der Waals surface area contributed by atoms with E-state index in [1.807, 2.05) is 6.20 Å². The fourth-order valence-corrected chi connectivity index (χ4v) is 6.78. The van der Waals surface area contributed by atoms with Crippen molar-refractivity contribution in [3.05, 3.63) is 23.1 Å². The molecular weight excluding hydrogens is 314 g/mol. The lowest BCUT2D eigenvalue weighted by Crippen LogP contribution is -2.48. The number of rotatable bonds is 1. The lowest BCUT2D eigenvalue weighted by molar-refractivity contribution is -0.156. The third-order valence-electron chi connectivity index (χ3n) is 7.91. The van der Waals surface area contributed by atoms with Crippen LogP contribution in [0.5, 0.6) is 0 Å². The standard InChI is InChI=1S/C21H27NO3/c1-12(23)24-20-6-5-18-16-4-3-13-10-19-14(11-22-25-19)9-17(13)15(16)7-8-21(18,20)2/h10-11,15-18,20H,3-9H2,1-2H3/t15-,16+,17-,18-,20-,21-/m0/s1. The summed E-state index contributed by atoms with van der Waals surface area (Å²) in [4.78, 5) is 11.5. The van der Waals surface area contributed by atoms with Gasteiger partial charge in [0, 0.05) is 17.9 Å². The second-order valence-electron chi connectivity index (χ2n) is 8.94. The Hall–Kier alpha value is -1.58. The maximum Gasteiger partial charge on any atom is 0.302 e. The van der Waals surface area contributed by atoms with Gasteiger partial charge in [-0.3, -0.25) is 4.79 Å². The molecular formula is C21H27NO3. The van der Waals surface area contributed by atoms with Crippen molar-refractivity contribution < 1.29 is 14.1 Å². The van der Waals surface area contributed by atoms with Gasteiger partial charge in [0.15, 0.2) is 5.76 Å². The number of aromatic nitrogens is 1. The first-order valence-electron chi connectivity index (χ1n) is 9.87. The summed E-state index contributed by atoms with van der Waals surface area (Å²) in [5.41, 5.74) is 3.06. The number of hydrogen-bond donors (Lipinski definition) is 0. The zero-order valence-corrected chi connectivity index (χ0v) is 15.2. The predicted molar refractivity (Wildman–Crippen MR) is 93.5 cm³/mol. The Kier molecular flexibility index (Phi) is 3.42. The van der Waals surface area contributed by atoms with Gasteiger partial charge in [0.2, 0.25) is 0 Å². The molecule has 5 rings (SSSR count). The molecule has 1 aromatic rings. The summed E-state index contributed by atoms with van der Waals surface area (Å²) in [6, 6.07) is 0. The van der Waals surface area contributed by atoms with E-state index in [1.165, 1.54) is 37.7 Å². The van der Waals surface area contributed by atoms with Gasteiger partial charge in [-0.15, -0.1) is 0 Å². The van der Waals surface area contributed by atoms with Crippen LogP contribution in [0.4, 0.5) is 0 Å². The molecule has 1 heterocycles. The summed E-state index contributed by atoms with van der Waals surface area (Å²) in [6.07, 6.45) is 12.6. The Bertz CT molecular complexity index is 735. The van der Waals surface area contributed by atoms with Crippen LogP contribution < -0.4 is 0 Å². The lowest BCUT2D eigenvalue weighted by Gasteiger charge is -2.53. The molecule has 0 aromatic carbocycles. The quantitative estimate of drug-likeness (QED) is 0.711.